The van der Waals surface area contributed by atoms with Crippen LogP contribution >= 0.6 is 0 Å². The summed E-state index contributed by atoms with van der Waals surface area (Å²) in [5.41, 5.74) is 2.43. The van der Waals surface area contributed by atoms with E-state index in [0.717, 1.165) is 12.8 Å². The summed E-state index contributed by atoms with van der Waals surface area (Å²) in [7, 11) is 0. The Labute approximate surface area is 126 Å². The van der Waals surface area contributed by atoms with Gasteiger partial charge >= 0.3 is 5.97 Å². The lowest BCUT2D eigenvalue weighted by molar-refractivity contribution is -0.141. The van der Waals surface area contributed by atoms with Gasteiger partial charge in [-0.15, -0.1) is 0 Å². The molecule has 0 heterocycles. The second-order valence-corrected chi connectivity index (χ2v) is 5.26. The third-order valence-corrected chi connectivity index (χ3v) is 4.09. The molecule has 0 spiro atoms. The van der Waals surface area contributed by atoms with Gasteiger partial charge in [0, 0.05) is 12.3 Å². The Morgan fingerprint density at radius 3 is 1.81 bits per heavy atom. The average molecular weight is 282 g/mol. The predicted molar refractivity (Wildman–Crippen MR) is 85.2 cm³/mol. The maximum Gasteiger partial charge on any atom is 0.302 e. The van der Waals surface area contributed by atoms with E-state index in [1.807, 2.05) is 12.1 Å². The molecule has 2 heteroatoms. The van der Waals surface area contributed by atoms with Crippen molar-refractivity contribution in [2.45, 2.75) is 32.1 Å². The summed E-state index contributed by atoms with van der Waals surface area (Å²) in [6.45, 7) is 4.08. The van der Waals surface area contributed by atoms with Gasteiger partial charge in [0.25, 0.3) is 0 Å². The van der Waals surface area contributed by atoms with E-state index < -0.39 is 0 Å². The first-order chi connectivity index (χ1) is 10.2. The van der Waals surface area contributed by atoms with Crippen molar-refractivity contribution in [3.63, 3.8) is 0 Å². The minimum absolute atomic E-state index is 0.113. The topological polar surface area (TPSA) is 26.3 Å². The van der Waals surface area contributed by atoms with E-state index in [0.29, 0.717) is 6.61 Å². The zero-order valence-electron chi connectivity index (χ0n) is 12.7. The first-order valence-electron chi connectivity index (χ1n) is 7.43. The molecule has 2 aromatic carbocycles. The molecule has 0 fully saturated rings. The van der Waals surface area contributed by atoms with Crippen molar-refractivity contribution < 1.29 is 9.53 Å². The summed E-state index contributed by atoms with van der Waals surface area (Å²) in [6, 6.07) is 20.9. The molecule has 0 aliphatic heterocycles. The number of carbonyl (C=O) groups is 1. The SMILES string of the molecule is CCC(CCOC(C)=O)(c1ccccc1)c1ccccc1. The normalized spacial score (nSPS) is 11.1. The highest BCUT2D eigenvalue weighted by atomic mass is 16.5. The Morgan fingerprint density at radius 2 is 1.43 bits per heavy atom. The summed E-state index contributed by atoms with van der Waals surface area (Å²) in [6.07, 6.45) is 1.75. The highest BCUT2D eigenvalue weighted by molar-refractivity contribution is 5.65. The standard InChI is InChI=1S/C19H22O2/c1-3-19(14-15-21-16(2)20,17-10-6-4-7-11-17)18-12-8-5-9-13-18/h4-13H,3,14-15H2,1-2H3. The van der Waals surface area contributed by atoms with Gasteiger partial charge in [-0.1, -0.05) is 67.6 Å². The van der Waals surface area contributed by atoms with E-state index in [1.165, 1.54) is 18.1 Å². The van der Waals surface area contributed by atoms with Crippen LogP contribution in [0, 0.1) is 0 Å². The highest BCUT2D eigenvalue weighted by Gasteiger charge is 2.32. The number of hydrogen-bond acceptors (Lipinski definition) is 2. The van der Waals surface area contributed by atoms with E-state index >= 15 is 0 Å². The first-order valence-corrected chi connectivity index (χ1v) is 7.43. The molecule has 0 N–H and O–H groups in total. The van der Waals surface area contributed by atoms with Crippen LogP contribution < -0.4 is 0 Å². The smallest absolute Gasteiger partial charge is 0.302 e. The van der Waals surface area contributed by atoms with Crippen LogP contribution in [0.25, 0.3) is 0 Å². The van der Waals surface area contributed by atoms with Gasteiger partial charge < -0.3 is 4.74 Å². The molecular weight excluding hydrogens is 260 g/mol. The third-order valence-electron chi connectivity index (χ3n) is 4.09. The van der Waals surface area contributed by atoms with Gasteiger partial charge in [0.1, 0.15) is 0 Å². The largest absolute Gasteiger partial charge is 0.466 e. The molecule has 0 saturated carbocycles. The van der Waals surface area contributed by atoms with Gasteiger partial charge in [0.2, 0.25) is 0 Å². The van der Waals surface area contributed by atoms with Gasteiger partial charge in [0.05, 0.1) is 6.61 Å². The predicted octanol–water partition coefficient (Wildman–Crippen LogP) is 4.34. The van der Waals surface area contributed by atoms with Gasteiger partial charge in [-0.25, -0.2) is 0 Å². The van der Waals surface area contributed by atoms with Crippen LogP contribution in [0.2, 0.25) is 0 Å². The quantitative estimate of drug-likeness (QED) is 0.737. The number of esters is 1. The second-order valence-electron chi connectivity index (χ2n) is 5.26. The monoisotopic (exact) mass is 282 g/mol. The molecule has 0 unspecified atom stereocenters. The van der Waals surface area contributed by atoms with Crippen LogP contribution in [0.15, 0.2) is 60.7 Å². The number of carbonyl (C=O) groups excluding carboxylic acids is 1. The molecular formula is C19H22O2. The molecule has 0 bridgehead atoms. The lowest BCUT2D eigenvalue weighted by atomic mass is 9.70. The molecule has 2 rings (SSSR count). The Kier molecular flexibility index (Phi) is 5.15. The van der Waals surface area contributed by atoms with Crippen molar-refractivity contribution >= 4 is 5.97 Å². The van der Waals surface area contributed by atoms with Crippen LogP contribution in [-0.2, 0) is 14.9 Å². The van der Waals surface area contributed by atoms with Crippen LogP contribution in [0.3, 0.4) is 0 Å². The summed E-state index contributed by atoms with van der Waals surface area (Å²) in [5, 5.41) is 0. The first kappa shape index (κ1) is 15.3. The minimum Gasteiger partial charge on any atom is -0.466 e. The molecule has 0 amide bonds. The Balaban J connectivity index is 2.39. The molecule has 0 aliphatic carbocycles. The van der Waals surface area contributed by atoms with Crippen LogP contribution in [0.5, 0.6) is 0 Å². The molecule has 2 nitrogen and oxygen atoms in total. The Morgan fingerprint density at radius 1 is 0.952 bits per heavy atom. The summed E-state index contributed by atoms with van der Waals surface area (Å²) < 4.78 is 5.20. The van der Waals surface area contributed by atoms with Gasteiger partial charge in [0.15, 0.2) is 0 Å². The number of benzene rings is 2. The summed E-state index contributed by atoms with van der Waals surface area (Å²) in [5.74, 6) is -0.221. The van der Waals surface area contributed by atoms with Crippen molar-refractivity contribution in [1.82, 2.24) is 0 Å². The molecule has 21 heavy (non-hydrogen) atoms. The fourth-order valence-electron chi connectivity index (χ4n) is 2.92. The van der Waals surface area contributed by atoms with Crippen molar-refractivity contribution in [2.24, 2.45) is 0 Å². The van der Waals surface area contributed by atoms with Gasteiger partial charge in [-0.2, -0.15) is 0 Å². The van der Waals surface area contributed by atoms with Crippen LogP contribution in [0.1, 0.15) is 37.8 Å². The Bertz CT molecular complexity index is 521. The molecule has 0 radical (unpaired) electrons. The van der Waals surface area contributed by atoms with E-state index in [1.54, 1.807) is 0 Å². The average Bonchev–Trinajstić information content (AvgIpc) is 2.53. The van der Waals surface area contributed by atoms with E-state index in [-0.39, 0.29) is 11.4 Å². The molecule has 0 atom stereocenters. The number of rotatable bonds is 6. The van der Waals surface area contributed by atoms with Crippen molar-refractivity contribution in [2.75, 3.05) is 6.61 Å². The second kappa shape index (κ2) is 7.07. The molecule has 2 aromatic rings. The maximum absolute atomic E-state index is 11.1. The summed E-state index contributed by atoms with van der Waals surface area (Å²) in [4.78, 5) is 11.1. The fraction of sp³-hybridized carbons (Fsp3) is 0.316. The van der Waals surface area contributed by atoms with Crippen molar-refractivity contribution in [3.8, 4) is 0 Å². The molecule has 0 aromatic heterocycles. The number of hydrogen-bond donors (Lipinski definition) is 0. The lowest BCUT2D eigenvalue weighted by Crippen LogP contribution is -2.29. The number of ether oxygens (including phenoxy) is 1. The zero-order chi connectivity index (χ0) is 15.1. The van der Waals surface area contributed by atoms with E-state index in [4.69, 9.17) is 4.74 Å². The highest BCUT2D eigenvalue weighted by Crippen LogP contribution is 2.38. The Hall–Kier alpha value is -2.09. The van der Waals surface area contributed by atoms with Gasteiger partial charge in [-0.05, 0) is 24.0 Å². The molecule has 0 aliphatic rings. The zero-order valence-corrected chi connectivity index (χ0v) is 12.7. The van der Waals surface area contributed by atoms with Crippen LogP contribution in [0.4, 0.5) is 0 Å². The fourth-order valence-corrected chi connectivity index (χ4v) is 2.92. The molecule has 110 valence electrons. The van der Waals surface area contributed by atoms with E-state index in [2.05, 4.69) is 55.5 Å². The lowest BCUT2D eigenvalue weighted by Gasteiger charge is -2.34. The van der Waals surface area contributed by atoms with Crippen molar-refractivity contribution in [1.29, 1.82) is 0 Å². The van der Waals surface area contributed by atoms with Crippen LogP contribution in [-0.4, -0.2) is 12.6 Å². The summed E-state index contributed by atoms with van der Waals surface area (Å²) >= 11 is 0. The minimum atomic E-state index is -0.221. The maximum atomic E-state index is 11.1. The van der Waals surface area contributed by atoms with E-state index in [9.17, 15) is 4.79 Å². The van der Waals surface area contributed by atoms with Crippen molar-refractivity contribution in [3.05, 3.63) is 71.8 Å². The molecule has 0 saturated heterocycles. The van der Waals surface area contributed by atoms with Gasteiger partial charge in [-0.3, -0.25) is 4.79 Å². The third kappa shape index (κ3) is 3.52.